The summed E-state index contributed by atoms with van der Waals surface area (Å²) in [4.78, 5) is 42.1. The Kier molecular flexibility index (Phi) is 5.33. The molecule has 33 heavy (non-hydrogen) atoms. The largest absolute Gasteiger partial charge is 0.342 e. The van der Waals surface area contributed by atoms with Gasteiger partial charge in [-0.3, -0.25) is 28.5 Å². The number of fused-ring (bicyclic) bond motifs is 2. The number of aromatic nitrogens is 2. The molecule has 1 N–H and O–H groups in total. The molecule has 2 aromatic carbocycles. The number of nitrogens with one attached hydrogen (secondary N) is 1. The molecule has 0 aliphatic carbocycles. The van der Waals surface area contributed by atoms with E-state index < -0.39 is 0 Å². The molecule has 0 radical (unpaired) electrons. The standard InChI is InChI=1S/C24H18Br2N4O3/c1-12(31)29-10-18(16-5-3-14(25)7-21(16)29)20-9-27-23(24(33)28-20)19-11-30(13(2)32)22-8-15(26)4-6-17(19)22/h3-8,10-11,20H,9H2,1-2H3,(H,28,33). The zero-order valence-electron chi connectivity index (χ0n) is 17.7. The number of carbonyl (C=O) groups excluding carboxylic acids is 3. The smallest absolute Gasteiger partial charge is 0.270 e. The van der Waals surface area contributed by atoms with Crippen molar-refractivity contribution in [1.82, 2.24) is 14.5 Å². The molecule has 1 unspecified atom stereocenters. The molecule has 2 aromatic heterocycles. The molecular formula is C24H18Br2N4O3. The third-order valence-corrected chi connectivity index (χ3v) is 6.81. The summed E-state index contributed by atoms with van der Waals surface area (Å²) in [7, 11) is 0. The number of carbonyl (C=O) groups is 3. The first kappa shape index (κ1) is 21.8. The number of nitrogens with zero attached hydrogens (tertiary/aromatic N) is 3. The molecule has 166 valence electrons. The summed E-state index contributed by atoms with van der Waals surface area (Å²) < 4.78 is 4.81. The maximum Gasteiger partial charge on any atom is 0.270 e. The Bertz CT molecular complexity index is 1530. The number of aliphatic imine (C=N–C) groups is 1. The van der Waals surface area contributed by atoms with Crippen molar-refractivity contribution in [2.45, 2.75) is 19.9 Å². The molecule has 1 aliphatic rings. The molecule has 0 saturated carbocycles. The maximum absolute atomic E-state index is 13.2. The Hall–Kier alpha value is -3.04. The fraction of sp³-hybridized carbons (Fsp3) is 0.167. The normalized spacial score (nSPS) is 16.2. The SMILES string of the molecule is CC(=O)n1cc(C2=NCC(c3cn(C(C)=O)c4cc(Br)ccc34)NC2=O)c2ccc(Br)cc21. The number of benzene rings is 2. The van der Waals surface area contributed by atoms with Crippen molar-refractivity contribution >= 4 is 77.1 Å². The second-order valence-electron chi connectivity index (χ2n) is 7.94. The van der Waals surface area contributed by atoms with Crippen molar-refractivity contribution in [2.75, 3.05) is 6.54 Å². The molecule has 3 heterocycles. The first-order chi connectivity index (χ1) is 15.7. The molecule has 4 aromatic rings. The summed E-state index contributed by atoms with van der Waals surface area (Å²) >= 11 is 6.90. The summed E-state index contributed by atoms with van der Waals surface area (Å²) in [5.74, 6) is -0.585. The molecule has 0 fully saturated rings. The molecule has 7 nitrogen and oxygen atoms in total. The van der Waals surface area contributed by atoms with E-state index in [0.717, 1.165) is 30.8 Å². The Labute approximate surface area is 205 Å². The van der Waals surface area contributed by atoms with E-state index in [1.165, 1.54) is 18.4 Å². The lowest BCUT2D eigenvalue weighted by Gasteiger charge is -2.22. The van der Waals surface area contributed by atoms with Gasteiger partial charge in [0.1, 0.15) is 5.71 Å². The third-order valence-electron chi connectivity index (χ3n) is 5.83. The molecule has 5 rings (SSSR count). The van der Waals surface area contributed by atoms with E-state index in [1.54, 1.807) is 17.0 Å². The van der Waals surface area contributed by atoms with Crippen LogP contribution in [0.15, 0.2) is 62.7 Å². The van der Waals surface area contributed by atoms with Crippen LogP contribution < -0.4 is 5.32 Å². The minimum atomic E-state index is -0.374. The highest BCUT2D eigenvalue weighted by molar-refractivity contribution is 9.10. The summed E-state index contributed by atoms with van der Waals surface area (Å²) in [6.07, 6.45) is 3.43. The fourth-order valence-electron chi connectivity index (χ4n) is 4.32. The van der Waals surface area contributed by atoms with Gasteiger partial charge in [0, 0.05) is 57.1 Å². The number of amides is 1. The lowest BCUT2D eigenvalue weighted by Crippen LogP contribution is -2.40. The van der Waals surface area contributed by atoms with Crippen LogP contribution in [0.3, 0.4) is 0 Å². The summed E-state index contributed by atoms with van der Waals surface area (Å²) in [6, 6.07) is 10.9. The van der Waals surface area contributed by atoms with Crippen LogP contribution >= 0.6 is 31.9 Å². The van der Waals surface area contributed by atoms with Gasteiger partial charge in [0.2, 0.25) is 11.8 Å². The summed E-state index contributed by atoms with van der Waals surface area (Å²) in [5.41, 5.74) is 3.21. The van der Waals surface area contributed by atoms with E-state index in [4.69, 9.17) is 0 Å². The highest BCUT2D eigenvalue weighted by Crippen LogP contribution is 2.32. The highest BCUT2D eigenvalue weighted by Gasteiger charge is 2.29. The Morgan fingerprint density at radius 2 is 1.52 bits per heavy atom. The monoisotopic (exact) mass is 568 g/mol. The molecule has 1 atom stereocenters. The molecule has 1 amide bonds. The Morgan fingerprint density at radius 1 is 0.939 bits per heavy atom. The van der Waals surface area contributed by atoms with Gasteiger partial charge in [-0.05, 0) is 24.3 Å². The lowest BCUT2D eigenvalue weighted by molar-refractivity contribution is -0.115. The van der Waals surface area contributed by atoms with E-state index in [1.807, 2.05) is 36.4 Å². The van der Waals surface area contributed by atoms with Gasteiger partial charge < -0.3 is 5.32 Å². The minimum Gasteiger partial charge on any atom is -0.342 e. The van der Waals surface area contributed by atoms with Crippen LogP contribution in [0.25, 0.3) is 21.8 Å². The van der Waals surface area contributed by atoms with E-state index >= 15 is 0 Å². The van der Waals surface area contributed by atoms with Crippen molar-refractivity contribution in [2.24, 2.45) is 4.99 Å². The van der Waals surface area contributed by atoms with Crippen molar-refractivity contribution in [3.63, 3.8) is 0 Å². The van der Waals surface area contributed by atoms with Gasteiger partial charge in [-0.2, -0.15) is 0 Å². The third kappa shape index (κ3) is 3.65. The number of rotatable bonds is 2. The Balaban J connectivity index is 1.58. The van der Waals surface area contributed by atoms with Gasteiger partial charge in [-0.1, -0.05) is 44.0 Å². The van der Waals surface area contributed by atoms with Crippen LogP contribution in [-0.4, -0.2) is 39.1 Å². The van der Waals surface area contributed by atoms with Crippen LogP contribution in [0.4, 0.5) is 0 Å². The van der Waals surface area contributed by atoms with Gasteiger partial charge in [0.25, 0.3) is 5.91 Å². The van der Waals surface area contributed by atoms with Crippen molar-refractivity contribution < 1.29 is 14.4 Å². The van der Waals surface area contributed by atoms with E-state index in [-0.39, 0.29) is 29.5 Å². The average Bonchev–Trinajstić information content (AvgIpc) is 3.32. The number of halogens is 2. The predicted molar refractivity (Wildman–Crippen MR) is 134 cm³/mol. The molecule has 0 saturated heterocycles. The number of hydrogen-bond donors (Lipinski definition) is 1. The average molecular weight is 570 g/mol. The van der Waals surface area contributed by atoms with E-state index in [9.17, 15) is 14.4 Å². The van der Waals surface area contributed by atoms with Crippen LogP contribution in [0.5, 0.6) is 0 Å². The molecule has 1 aliphatic heterocycles. The van der Waals surface area contributed by atoms with Crippen LogP contribution in [0.1, 0.15) is 40.6 Å². The number of hydrogen-bond acceptors (Lipinski definition) is 4. The van der Waals surface area contributed by atoms with Crippen molar-refractivity contribution in [3.8, 4) is 0 Å². The van der Waals surface area contributed by atoms with E-state index in [2.05, 4.69) is 42.2 Å². The summed E-state index contributed by atoms with van der Waals surface area (Å²) in [6.45, 7) is 3.30. The van der Waals surface area contributed by atoms with Gasteiger partial charge in [-0.25, -0.2) is 0 Å². The second-order valence-corrected chi connectivity index (χ2v) is 9.77. The van der Waals surface area contributed by atoms with Crippen LogP contribution in [0.2, 0.25) is 0 Å². The molecular weight excluding hydrogens is 552 g/mol. The van der Waals surface area contributed by atoms with Crippen LogP contribution in [0, 0.1) is 0 Å². The minimum absolute atomic E-state index is 0.112. The summed E-state index contributed by atoms with van der Waals surface area (Å²) in [5, 5.41) is 4.71. The van der Waals surface area contributed by atoms with Crippen LogP contribution in [-0.2, 0) is 4.79 Å². The topological polar surface area (TPSA) is 85.5 Å². The first-order valence-corrected chi connectivity index (χ1v) is 11.8. The Morgan fingerprint density at radius 3 is 2.12 bits per heavy atom. The zero-order valence-corrected chi connectivity index (χ0v) is 20.9. The first-order valence-electron chi connectivity index (χ1n) is 10.2. The quantitative estimate of drug-likeness (QED) is 0.364. The van der Waals surface area contributed by atoms with Gasteiger partial charge >= 0.3 is 0 Å². The van der Waals surface area contributed by atoms with Crippen molar-refractivity contribution in [3.05, 3.63) is 68.9 Å². The van der Waals surface area contributed by atoms with Crippen molar-refractivity contribution in [1.29, 1.82) is 0 Å². The lowest BCUT2D eigenvalue weighted by atomic mass is 10.0. The molecule has 0 spiro atoms. The zero-order chi connectivity index (χ0) is 23.4. The molecule has 9 heteroatoms. The maximum atomic E-state index is 13.2. The fourth-order valence-corrected chi connectivity index (χ4v) is 5.02. The second kappa shape index (κ2) is 8.07. The predicted octanol–water partition coefficient (Wildman–Crippen LogP) is 5.10. The van der Waals surface area contributed by atoms with Gasteiger partial charge in [0.05, 0.1) is 23.6 Å². The highest BCUT2D eigenvalue weighted by atomic mass is 79.9. The van der Waals surface area contributed by atoms with Gasteiger partial charge in [0.15, 0.2) is 0 Å². The van der Waals surface area contributed by atoms with Gasteiger partial charge in [-0.15, -0.1) is 0 Å². The van der Waals surface area contributed by atoms with E-state index in [0.29, 0.717) is 17.6 Å². The molecule has 0 bridgehead atoms.